The molecule has 0 saturated heterocycles. The molecule has 3 N–H and O–H groups in total. The first-order chi connectivity index (χ1) is 11.0. The van der Waals surface area contributed by atoms with E-state index in [0.717, 1.165) is 12.1 Å². The number of ether oxygens (including phenoxy) is 1. The summed E-state index contributed by atoms with van der Waals surface area (Å²) in [5.41, 5.74) is 8.25. The van der Waals surface area contributed by atoms with Crippen LogP contribution < -0.4 is 15.9 Å². The van der Waals surface area contributed by atoms with E-state index in [2.05, 4.69) is 5.10 Å². The van der Waals surface area contributed by atoms with E-state index in [4.69, 9.17) is 10.5 Å². The van der Waals surface area contributed by atoms with Crippen molar-refractivity contribution in [3.8, 4) is 5.75 Å². The summed E-state index contributed by atoms with van der Waals surface area (Å²) in [4.78, 5) is 10.4. The third-order valence-electron chi connectivity index (χ3n) is 2.76. The number of halogens is 3. The van der Waals surface area contributed by atoms with Crippen molar-refractivity contribution in [1.82, 2.24) is 5.43 Å². The summed E-state index contributed by atoms with van der Waals surface area (Å²) in [6, 6.07) is 7.72. The zero-order valence-electron chi connectivity index (χ0n) is 11.7. The lowest BCUT2D eigenvalue weighted by atomic mass is 10.1. The van der Waals surface area contributed by atoms with Crippen LogP contribution in [0.15, 0.2) is 41.5 Å². The molecule has 120 valence electrons. The molecule has 2 aromatic carbocycles. The van der Waals surface area contributed by atoms with Crippen molar-refractivity contribution >= 4 is 12.2 Å². The second kappa shape index (κ2) is 7.30. The fourth-order valence-electron chi connectivity index (χ4n) is 1.65. The molecule has 8 heteroatoms. The number of nitrogens with zero attached hydrogens (tertiary/aromatic N) is 1. The number of hydrazone groups is 1. The van der Waals surface area contributed by atoms with Crippen LogP contribution in [0.5, 0.6) is 5.75 Å². The molecule has 0 fully saturated rings. The van der Waals surface area contributed by atoms with Crippen molar-refractivity contribution in [2.45, 2.75) is 6.61 Å². The fraction of sp³-hybridized carbons (Fsp3) is 0.0667. The van der Waals surface area contributed by atoms with Crippen molar-refractivity contribution < 1.29 is 22.7 Å². The molecule has 23 heavy (non-hydrogen) atoms. The summed E-state index contributed by atoms with van der Waals surface area (Å²) in [5, 5.41) is 3.59. The summed E-state index contributed by atoms with van der Waals surface area (Å²) >= 11 is 0. The van der Waals surface area contributed by atoms with Gasteiger partial charge in [0.25, 0.3) is 0 Å². The highest BCUT2D eigenvalue weighted by atomic mass is 19.2. The van der Waals surface area contributed by atoms with Gasteiger partial charge in [0.15, 0.2) is 17.4 Å². The lowest BCUT2D eigenvalue weighted by Crippen LogP contribution is -2.24. The van der Waals surface area contributed by atoms with Crippen LogP contribution in [0, 0.1) is 17.5 Å². The molecule has 0 spiro atoms. The monoisotopic (exact) mass is 323 g/mol. The van der Waals surface area contributed by atoms with Gasteiger partial charge in [-0.15, -0.1) is 0 Å². The SMILES string of the molecule is NC(=O)NN=Cc1ccc(COc2ccc(F)c(F)c2F)cc1. The van der Waals surface area contributed by atoms with Crippen molar-refractivity contribution in [3.05, 3.63) is 65.0 Å². The van der Waals surface area contributed by atoms with E-state index in [1.807, 2.05) is 5.43 Å². The second-order valence-electron chi connectivity index (χ2n) is 4.44. The van der Waals surface area contributed by atoms with Crippen LogP contribution in [0.2, 0.25) is 0 Å². The van der Waals surface area contributed by atoms with E-state index in [1.165, 1.54) is 6.21 Å². The standard InChI is InChI=1S/C15H12F3N3O2/c16-11-5-6-12(14(18)13(11)17)23-8-10-3-1-9(2-4-10)7-20-21-15(19)22/h1-7H,8H2,(H3,19,21,22). The first kappa shape index (κ1) is 16.3. The van der Waals surface area contributed by atoms with E-state index in [1.54, 1.807) is 24.3 Å². The number of primary amides is 1. The van der Waals surface area contributed by atoms with Crippen LogP contribution in [0.3, 0.4) is 0 Å². The van der Waals surface area contributed by atoms with Gasteiger partial charge in [-0.1, -0.05) is 24.3 Å². The molecule has 0 aliphatic heterocycles. The molecule has 2 amide bonds. The summed E-state index contributed by atoms with van der Waals surface area (Å²) in [6.07, 6.45) is 1.38. The number of amides is 2. The average molecular weight is 323 g/mol. The van der Waals surface area contributed by atoms with Gasteiger partial charge >= 0.3 is 6.03 Å². The zero-order valence-corrected chi connectivity index (χ0v) is 11.7. The Hall–Kier alpha value is -3.03. The highest BCUT2D eigenvalue weighted by molar-refractivity contribution is 5.81. The molecule has 0 saturated carbocycles. The van der Waals surface area contributed by atoms with Gasteiger partial charge in [0.05, 0.1) is 6.21 Å². The Balaban J connectivity index is 1.98. The van der Waals surface area contributed by atoms with Crippen molar-refractivity contribution in [1.29, 1.82) is 0 Å². The summed E-state index contributed by atoms with van der Waals surface area (Å²) in [5.74, 6) is -4.59. The third kappa shape index (κ3) is 4.47. The lowest BCUT2D eigenvalue weighted by Gasteiger charge is -2.08. The van der Waals surface area contributed by atoms with Gasteiger partial charge < -0.3 is 10.5 Å². The molecule has 0 aliphatic carbocycles. The molecule has 0 aromatic heterocycles. The molecule has 0 unspecified atom stereocenters. The molecule has 2 rings (SSSR count). The quantitative estimate of drug-likeness (QED) is 0.504. The number of hydrogen-bond acceptors (Lipinski definition) is 3. The zero-order chi connectivity index (χ0) is 16.8. The van der Waals surface area contributed by atoms with Crippen LogP contribution >= 0.6 is 0 Å². The Kier molecular flexibility index (Phi) is 5.19. The van der Waals surface area contributed by atoms with Gasteiger partial charge in [0, 0.05) is 0 Å². The summed E-state index contributed by atoms with van der Waals surface area (Å²) in [7, 11) is 0. The largest absolute Gasteiger partial charge is 0.486 e. The number of rotatable bonds is 5. The Morgan fingerprint density at radius 3 is 2.48 bits per heavy atom. The smallest absolute Gasteiger partial charge is 0.332 e. The van der Waals surface area contributed by atoms with E-state index in [-0.39, 0.29) is 12.4 Å². The number of hydrogen-bond donors (Lipinski definition) is 2. The molecular weight excluding hydrogens is 311 g/mol. The van der Waals surface area contributed by atoms with E-state index in [9.17, 15) is 18.0 Å². The van der Waals surface area contributed by atoms with Crippen LogP contribution in [0.1, 0.15) is 11.1 Å². The van der Waals surface area contributed by atoms with Crippen LogP contribution in [-0.4, -0.2) is 12.2 Å². The van der Waals surface area contributed by atoms with Crippen molar-refractivity contribution in [3.63, 3.8) is 0 Å². The minimum atomic E-state index is -1.57. The van der Waals surface area contributed by atoms with Gasteiger partial charge in [-0.05, 0) is 23.3 Å². The predicted molar refractivity (Wildman–Crippen MR) is 77.4 cm³/mol. The summed E-state index contributed by atoms with van der Waals surface area (Å²) in [6.45, 7) is -0.0288. The van der Waals surface area contributed by atoms with Gasteiger partial charge in [-0.3, -0.25) is 0 Å². The minimum Gasteiger partial charge on any atom is -0.486 e. The van der Waals surface area contributed by atoms with E-state index in [0.29, 0.717) is 11.1 Å². The molecule has 0 atom stereocenters. The van der Waals surface area contributed by atoms with Crippen molar-refractivity contribution in [2.75, 3.05) is 0 Å². The average Bonchev–Trinajstić information content (AvgIpc) is 2.53. The number of carbonyl (C=O) groups excluding carboxylic acids is 1. The first-order valence-electron chi connectivity index (χ1n) is 6.41. The number of carbonyl (C=O) groups is 1. The topological polar surface area (TPSA) is 76.7 Å². The lowest BCUT2D eigenvalue weighted by molar-refractivity contribution is 0.249. The highest BCUT2D eigenvalue weighted by Gasteiger charge is 2.14. The van der Waals surface area contributed by atoms with E-state index < -0.39 is 23.5 Å². The molecule has 0 radical (unpaired) electrons. The van der Waals surface area contributed by atoms with Gasteiger partial charge in [-0.2, -0.15) is 9.49 Å². The highest BCUT2D eigenvalue weighted by Crippen LogP contribution is 2.22. The van der Waals surface area contributed by atoms with Crippen LogP contribution in [0.25, 0.3) is 0 Å². The van der Waals surface area contributed by atoms with Crippen molar-refractivity contribution in [2.24, 2.45) is 10.8 Å². The Morgan fingerprint density at radius 2 is 1.83 bits per heavy atom. The maximum atomic E-state index is 13.4. The number of urea groups is 1. The first-order valence-corrected chi connectivity index (χ1v) is 6.41. The fourth-order valence-corrected chi connectivity index (χ4v) is 1.65. The molecule has 5 nitrogen and oxygen atoms in total. The number of benzene rings is 2. The van der Waals surface area contributed by atoms with Gasteiger partial charge in [0.1, 0.15) is 6.61 Å². The third-order valence-corrected chi connectivity index (χ3v) is 2.76. The predicted octanol–water partition coefficient (Wildman–Crippen LogP) is 2.69. The summed E-state index contributed by atoms with van der Waals surface area (Å²) < 4.78 is 44.4. The maximum absolute atomic E-state index is 13.4. The Bertz CT molecular complexity index is 733. The normalized spacial score (nSPS) is 10.7. The van der Waals surface area contributed by atoms with Crippen LogP contribution in [0.4, 0.5) is 18.0 Å². The number of nitrogens with two attached hydrogens (primary N) is 1. The van der Waals surface area contributed by atoms with Crippen LogP contribution in [-0.2, 0) is 6.61 Å². The molecule has 0 bridgehead atoms. The maximum Gasteiger partial charge on any atom is 0.332 e. The molecule has 0 aliphatic rings. The molecule has 2 aromatic rings. The number of nitrogens with one attached hydrogen (secondary N) is 1. The Morgan fingerprint density at radius 1 is 1.13 bits per heavy atom. The Labute approximate surface area is 129 Å². The molecule has 0 heterocycles. The van der Waals surface area contributed by atoms with Gasteiger partial charge in [0.2, 0.25) is 5.82 Å². The molecular formula is C15H12F3N3O2. The van der Waals surface area contributed by atoms with E-state index >= 15 is 0 Å². The second-order valence-corrected chi connectivity index (χ2v) is 4.44. The minimum absolute atomic E-state index is 0.0288. The van der Waals surface area contributed by atoms with Gasteiger partial charge in [-0.25, -0.2) is 19.0 Å².